The number of Topliss-reactive ketones (excluding diaryl/α,β-unsaturated/α-hetero) is 1. The molecule has 0 radical (unpaired) electrons. The summed E-state index contributed by atoms with van der Waals surface area (Å²) in [5.74, 6) is 0.431. The molecule has 1 fully saturated rings. The van der Waals surface area contributed by atoms with E-state index in [2.05, 4.69) is 0 Å². The van der Waals surface area contributed by atoms with Gasteiger partial charge >= 0.3 is 0 Å². The van der Waals surface area contributed by atoms with Crippen molar-refractivity contribution in [2.75, 3.05) is 6.61 Å². The molecule has 2 nitrogen and oxygen atoms in total. The Morgan fingerprint density at radius 2 is 1.85 bits per heavy atom. The third-order valence-electron chi connectivity index (χ3n) is 4.43. The summed E-state index contributed by atoms with van der Waals surface area (Å²) in [7, 11) is 0. The maximum absolute atomic E-state index is 13.9. The lowest BCUT2D eigenvalue weighted by molar-refractivity contribution is 0.0789. The second-order valence-corrected chi connectivity index (χ2v) is 5.55. The van der Waals surface area contributed by atoms with Crippen molar-refractivity contribution >= 4 is 5.78 Å². The topological polar surface area (TPSA) is 26.3 Å². The van der Waals surface area contributed by atoms with E-state index in [4.69, 9.17) is 4.74 Å². The van der Waals surface area contributed by atoms with Gasteiger partial charge in [-0.15, -0.1) is 0 Å². The van der Waals surface area contributed by atoms with Crippen molar-refractivity contribution in [1.29, 1.82) is 0 Å². The highest BCUT2D eigenvalue weighted by molar-refractivity contribution is 6.06. The molecule has 0 bridgehead atoms. The second kappa shape index (κ2) is 3.92. The molecule has 0 aromatic heterocycles. The molecule has 2 aromatic rings. The molecule has 0 amide bonds. The number of benzene rings is 2. The zero-order valence-corrected chi connectivity index (χ0v) is 10.8. The summed E-state index contributed by atoms with van der Waals surface area (Å²) in [5, 5.41) is 0. The Balaban J connectivity index is 1.73. The molecule has 1 heterocycles. The number of fused-ring (bicyclic) bond motifs is 1. The van der Waals surface area contributed by atoms with Gasteiger partial charge in [-0.1, -0.05) is 30.3 Å². The standard InChI is InChI=1S/C17H13FO2/c18-14-7-3-1-5-11(14)13-9-17(13)10-20-15-8-4-2-6-12(15)16(17)19/h1-8,13H,9-10H2/t13-,17-/m0/s1. The highest BCUT2D eigenvalue weighted by atomic mass is 19.1. The van der Waals surface area contributed by atoms with Crippen molar-refractivity contribution < 1.29 is 13.9 Å². The van der Waals surface area contributed by atoms with Crippen LogP contribution >= 0.6 is 0 Å². The van der Waals surface area contributed by atoms with Gasteiger partial charge in [-0.25, -0.2) is 4.39 Å². The number of hydrogen-bond acceptors (Lipinski definition) is 2. The first-order valence-electron chi connectivity index (χ1n) is 6.73. The molecule has 1 aliphatic heterocycles. The first-order chi connectivity index (χ1) is 9.72. The van der Waals surface area contributed by atoms with Crippen LogP contribution < -0.4 is 4.74 Å². The third kappa shape index (κ3) is 1.46. The van der Waals surface area contributed by atoms with Crippen molar-refractivity contribution in [3.8, 4) is 5.75 Å². The van der Waals surface area contributed by atoms with Crippen LogP contribution in [0.15, 0.2) is 48.5 Å². The SMILES string of the molecule is O=C1c2ccccc2OC[C@]12C[C@H]2c1ccccc1F. The zero-order chi connectivity index (χ0) is 13.7. The minimum atomic E-state index is -0.559. The average Bonchev–Trinajstić information content (AvgIpc) is 3.19. The van der Waals surface area contributed by atoms with Crippen LogP contribution in [0.3, 0.4) is 0 Å². The molecule has 0 saturated heterocycles. The summed E-state index contributed by atoms with van der Waals surface area (Å²) in [6.45, 7) is 0.349. The zero-order valence-electron chi connectivity index (χ0n) is 10.8. The van der Waals surface area contributed by atoms with E-state index in [1.165, 1.54) is 6.07 Å². The van der Waals surface area contributed by atoms with Gasteiger partial charge in [0.05, 0.1) is 11.0 Å². The van der Waals surface area contributed by atoms with Gasteiger partial charge in [-0.2, -0.15) is 0 Å². The minimum Gasteiger partial charge on any atom is -0.492 e. The summed E-state index contributed by atoms with van der Waals surface area (Å²) < 4.78 is 19.6. The largest absolute Gasteiger partial charge is 0.492 e. The molecular formula is C17H13FO2. The van der Waals surface area contributed by atoms with E-state index >= 15 is 0 Å². The summed E-state index contributed by atoms with van der Waals surface area (Å²) in [6.07, 6.45) is 0.668. The number of para-hydroxylation sites is 1. The fourth-order valence-corrected chi connectivity index (χ4v) is 3.20. The third-order valence-corrected chi connectivity index (χ3v) is 4.43. The molecular weight excluding hydrogens is 255 g/mol. The van der Waals surface area contributed by atoms with Crippen LogP contribution in [-0.4, -0.2) is 12.4 Å². The number of carbonyl (C=O) groups excluding carboxylic acids is 1. The first kappa shape index (κ1) is 11.6. The number of ketones is 1. The maximum Gasteiger partial charge on any atom is 0.176 e. The first-order valence-corrected chi connectivity index (χ1v) is 6.73. The average molecular weight is 268 g/mol. The molecule has 0 unspecified atom stereocenters. The van der Waals surface area contributed by atoms with Crippen LogP contribution in [0.1, 0.15) is 28.3 Å². The number of hydrogen-bond donors (Lipinski definition) is 0. The summed E-state index contributed by atoms with van der Waals surface area (Å²) in [6, 6.07) is 14.0. The molecule has 1 aliphatic carbocycles. The van der Waals surface area contributed by atoms with Gasteiger partial charge in [-0.05, 0) is 30.2 Å². The van der Waals surface area contributed by atoms with Crippen molar-refractivity contribution in [3.05, 3.63) is 65.5 Å². The van der Waals surface area contributed by atoms with Gasteiger partial charge < -0.3 is 4.74 Å². The normalized spacial score (nSPS) is 27.1. The van der Waals surface area contributed by atoms with Crippen LogP contribution in [0, 0.1) is 11.2 Å². The Bertz CT molecular complexity index is 710. The van der Waals surface area contributed by atoms with E-state index < -0.39 is 5.41 Å². The molecule has 1 saturated carbocycles. The second-order valence-electron chi connectivity index (χ2n) is 5.55. The molecule has 2 aromatic carbocycles. The predicted octanol–water partition coefficient (Wildman–Crippen LogP) is 3.57. The predicted molar refractivity (Wildman–Crippen MR) is 72.5 cm³/mol. The van der Waals surface area contributed by atoms with Gasteiger partial charge in [0.2, 0.25) is 0 Å². The highest BCUT2D eigenvalue weighted by Crippen LogP contribution is 2.63. The molecule has 2 aliphatic rings. The van der Waals surface area contributed by atoms with E-state index in [0.717, 1.165) is 0 Å². The Hall–Kier alpha value is -2.16. The van der Waals surface area contributed by atoms with Crippen LogP contribution in [0.4, 0.5) is 4.39 Å². The Kier molecular flexibility index (Phi) is 2.28. The lowest BCUT2D eigenvalue weighted by atomic mass is 9.88. The minimum absolute atomic E-state index is 0.0652. The number of halogens is 1. The number of carbonyl (C=O) groups is 1. The van der Waals surface area contributed by atoms with E-state index in [9.17, 15) is 9.18 Å². The number of rotatable bonds is 1. The molecule has 20 heavy (non-hydrogen) atoms. The molecule has 2 atom stereocenters. The Morgan fingerprint density at radius 1 is 1.10 bits per heavy atom. The fourth-order valence-electron chi connectivity index (χ4n) is 3.20. The van der Waals surface area contributed by atoms with Gasteiger partial charge in [0.15, 0.2) is 5.78 Å². The van der Waals surface area contributed by atoms with Crippen LogP contribution in [0.25, 0.3) is 0 Å². The molecule has 1 spiro atoms. The molecule has 0 N–H and O–H groups in total. The Labute approximate surface area is 116 Å². The maximum atomic E-state index is 13.9. The van der Waals surface area contributed by atoms with Gasteiger partial charge in [-0.3, -0.25) is 4.79 Å². The van der Waals surface area contributed by atoms with Crippen molar-refractivity contribution in [3.63, 3.8) is 0 Å². The summed E-state index contributed by atoms with van der Waals surface area (Å²) >= 11 is 0. The Morgan fingerprint density at radius 3 is 2.70 bits per heavy atom. The summed E-state index contributed by atoms with van der Waals surface area (Å²) in [4.78, 5) is 12.7. The van der Waals surface area contributed by atoms with Crippen LogP contribution in [0.5, 0.6) is 5.75 Å². The van der Waals surface area contributed by atoms with Gasteiger partial charge in [0.1, 0.15) is 18.2 Å². The monoisotopic (exact) mass is 268 g/mol. The van der Waals surface area contributed by atoms with Crippen molar-refractivity contribution in [2.24, 2.45) is 5.41 Å². The van der Waals surface area contributed by atoms with Crippen molar-refractivity contribution in [1.82, 2.24) is 0 Å². The lowest BCUT2D eigenvalue weighted by Gasteiger charge is -2.25. The smallest absolute Gasteiger partial charge is 0.176 e. The van der Waals surface area contributed by atoms with E-state index in [1.807, 2.05) is 18.2 Å². The van der Waals surface area contributed by atoms with E-state index in [0.29, 0.717) is 29.9 Å². The van der Waals surface area contributed by atoms with Gasteiger partial charge in [0.25, 0.3) is 0 Å². The van der Waals surface area contributed by atoms with Crippen molar-refractivity contribution in [2.45, 2.75) is 12.3 Å². The molecule has 3 heteroatoms. The fraction of sp³-hybridized carbons (Fsp3) is 0.235. The van der Waals surface area contributed by atoms with E-state index in [-0.39, 0.29) is 17.5 Å². The van der Waals surface area contributed by atoms with Crippen LogP contribution in [-0.2, 0) is 0 Å². The summed E-state index contributed by atoms with van der Waals surface area (Å²) in [5.41, 5.74) is 0.692. The van der Waals surface area contributed by atoms with Crippen LogP contribution in [0.2, 0.25) is 0 Å². The lowest BCUT2D eigenvalue weighted by Crippen LogP contribution is -2.31. The number of ether oxygens (including phenoxy) is 1. The quantitative estimate of drug-likeness (QED) is 0.790. The van der Waals surface area contributed by atoms with Gasteiger partial charge in [0, 0.05) is 5.92 Å². The molecule has 100 valence electrons. The van der Waals surface area contributed by atoms with E-state index in [1.54, 1.807) is 24.3 Å². The molecule has 4 rings (SSSR count). The highest BCUT2D eigenvalue weighted by Gasteiger charge is 2.63.